The molecule has 0 bridgehead atoms. The molecule has 0 spiro atoms. The minimum atomic E-state index is -0.934. The molecular weight excluding hydrogens is 272 g/mol. The van der Waals surface area contributed by atoms with Crippen molar-refractivity contribution in [3.8, 4) is 0 Å². The van der Waals surface area contributed by atoms with Gasteiger partial charge in [0.15, 0.2) is 0 Å². The predicted octanol–water partition coefficient (Wildman–Crippen LogP) is 3.56. The van der Waals surface area contributed by atoms with E-state index in [9.17, 15) is 4.79 Å². The minimum Gasteiger partial charge on any atom is -0.478 e. The van der Waals surface area contributed by atoms with Crippen LogP contribution in [0.1, 0.15) is 34.8 Å². The lowest BCUT2D eigenvalue weighted by Gasteiger charge is -2.27. The summed E-state index contributed by atoms with van der Waals surface area (Å²) in [5.74, 6) is -0.119. The Hall–Kier alpha value is -1.88. The summed E-state index contributed by atoms with van der Waals surface area (Å²) in [6.07, 6.45) is 0. The SMILES string of the molecule is Cc1nc(N(Cc2cccs2)C(C)C)ccc1C(=O)O. The average molecular weight is 290 g/mol. The molecule has 2 rings (SSSR count). The third-order valence-corrected chi connectivity index (χ3v) is 3.99. The Bertz CT molecular complexity index is 594. The van der Waals surface area contributed by atoms with E-state index in [1.54, 1.807) is 30.4 Å². The van der Waals surface area contributed by atoms with Crippen molar-refractivity contribution in [3.63, 3.8) is 0 Å². The summed E-state index contributed by atoms with van der Waals surface area (Å²) in [5.41, 5.74) is 0.806. The van der Waals surface area contributed by atoms with Crippen LogP contribution in [-0.2, 0) is 6.54 Å². The number of thiophene rings is 1. The van der Waals surface area contributed by atoms with Crippen LogP contribution in [0.25, 0.3) is 0 Å². The largest absolute Gasteiger partial charge is 0.478 e. The normalized spacial score (nSPS) is 10.8. The molecule has 0 fully saturated rings. The van der Waals surface area contributed by atoms with Crippen LogP contribution >= 0.6 is 11.3 Å². The Balaban J connectivity index is 2.30. The summed E-state index contributed by atoms with van der Waals surface area (Å²) < 4.78 is 0. The van der Waals surface area contributed by atoms with Crippen molar-refractivity contribution in [1.82, 2.24) is 4.98 Å². The Kier molecular flexibility index (Phi) is 4.39. The van der Waals surface area contributed by atoms with E-state index in [2.05, 4.69) is 35.2 Å². The molecule has 0 unspecified atom stereocenters. The molecule has 0 aliphatic heterocycles. The lowest BCUT2D eigenvalue weighted by atomic mass is 10.2. The van der Waals surface area contributed by atoms with Crippen LogP contribution in [0.5, 0.6) is 0 Å². The summed E-state index contributed by atoms with van der Waals surface area (Å²) in [4.78, 5) is 18.9. The maximum Gasteiger partial charge on any atom is 0.337 e. The molecule has 0 aromatic carbocycles. The fourth-order valence-electron chi connectivity index (χ4n) is 2.03. The van der Waals surface area contributed by atoms with Gasteiger partial charge in [0.05, 0.1) is 17.8 Å². The molecule has 1 N–H and O–H groups in total. The topological polar surface area (TPSA) is 53.4 Å². The van der Waals surface area contributed by atoms with E-state index >= 15 is 0 Å². The predicted molar refractivity (Wildman–Crippen MR) is 81.6 cm³/mol. The third-order valence-electron chi connectivity index (χ3n) is 3.13. The summed E-state index contributed by atoms with van der Waals surface area (Å²) in [6.45, 7) is 6.73. The molecule has 2 heterocycles. The van der Waals surface area contributed by atoms with Gasteiger partial charge in [-0.2, -0.15) is 0 Å². The Morgan fingerprint density at radius 1 is 1.40 bits per heavy atom. The highest BCUT2D eigenvalue weighted by Gasteiger charge is 2.16. The molecule has 0 aliphatic rings. The van der Waals surface area contributed by atoms with Gasteiger partial charge in [0, 0.05) is 10.9 Å². The molecule has 2 aromatic rings. The second-order valence-electron chi connectivity index (χ2n) is 4.91. The van der Waals surface area contributed by atoms with Crippen LogP contribution in [0.2, 0.25) is 0 Å². The van der Waals surface area contributed by atoms with Crippen molar-refractivity contribution in [1.29, 1.82) is 0 Å². The van der Waals surface area contributed by atoms with E-state index < -0.39 is 5.97 Å². The summed E-state index contributed by atoms with van der Waals surface area (Å²) in [5, 5.41) is 11.1. The van der Waals surface area contributed by atoms with Crippen molar-refractivity contribution in [2.45, 2.75) is 33.4 Å². The molecule has 4 nitrogen and oxygen atoms in total. The van der Waals surface area contributed by atoms with E-state index in [-0.39, 0.29) is 5.56 Å². The summed E-state index contributed by atoms with van der Waals surface area (Å²) in [6, 6.07) is 7.83. The van der Waals surface area contributed by atoms with Gasteiger partial charge in [0.25, 0.3) is 0 Å². The van der Waals surface area contributed by atoms with Crippen LogP contribution < -0.4 is 4.90 Å². The molecule has 106 valence electrons. The molecule has 0 amide bonds. The molecule has 2 aromatic heterocycles. The Labute approximate surface area is 122 Å². The highest BCUT2D eigenvalue weighted by atomic mass is 32.1. The van der Waals surface area contributed by atoms with Gasteiger partial charge < -0.3 is 10.0 Å². The van der Waals surface area contributed by atoms with E-state index in [1.807, 2.05) is 6.07 Å². The maximum absolute atomic E-state index is 11.0. The number of hydrogen-bond acceptors (Lipinski definition) is 4. The van der Waals surface area contributed by atoms with Gasteiger partial charge in [-0.1, -0.05) is 6.07 Å². The first-order valence-corrected chi connectivity index (χ1v) is 7.37. The lowest BCUT2D eigenvalue weighted by Crippen LogP contribution is -2.30. The van der Waals surface area contributed by atoms with Crippen LogP contribution in [0, 0.1) is 6.92 Å². The Morgan fingerprint density at radius 2 is 2.15 bits per heavy atom. The van der Waals surface area contributed by atoms with Gasteiger partial charge in [0.1, 0.15) is 5.82 Å². The van der Waals surface area contributed by atoms with Crippen LogP contribution in [-0.4, -0.2) is 22.1 Å². The van der Waals surface area contributed by atoms with E-state index in [4.69, 9.17) is 5.11 Å². The van der Waals surface area contributed by atoms with Crippen molar-refractivity contribution in [2.75, 3.05) is 4.90 Å². The van der Waals surface area contributed by atoms with Crippen molar-refractivity contribution in [3.05, 3.63) is 45.8 Å². The molecule has 0 radical (unpaired) electrons. The number of carbonyl (C=O) groups is 1. The van der Waals surface area contributed by atoms with Gasteiger partial charge in [-0.15, -0.1) is 11.3 Å². The molecule has 0 aliphatic carbocycles. The van der Waals surface area contributed by atoms with E-state index in [0.29, 0.717) is 11.7 Å². The Morgan fingerprint density at radius 3 is 2.65 bits per heavy atom. The summed E-state index contributed by atoms with van der Waals surface area (Å²) in [7, 11) is 0. The van der Waals surface area contributed by atoms with Crippen molar-refractivity contribution >= 4 is 23.1 Å². The number of aromatic nitrogens is 1. The van der Waals surface area contributed by atoms with Gasteiger partial charge >= 0.3 is 5.97 Å². The molecule has 5 heteroatoms. The van der Waals surface area contributed by atoms with Crippen molar-refractivity contribution in [2.24, 2.45) is 0 Å². The van der Waals surface area contributed by atoms with Gasteiger partial charge in [0.2, 0.25) is 0 Å². The van der Waals surface area contributed by atoms with E-state index in [0.717, 1.165) is 12.4 Å². The fraction of sp³-hybridized carbons (Fsp3) is 0.333. The zero-order valence-corrected chi connectivity index (χ0v) is 12.6. The zero-order chi connectivity index (χ0) is 14.7. The van der Waals surface area contributed by atoms with Crippen LogP contribution in [0.3, 0.4) is 0 Å². The smallest absolute Gasteiger partial charge is 0.337 e. The molecular formula is C15H18N2O2S. The van der Waals surface area contributed by atoms with Crippen molar-refractivity contribution < 1.29 is 9.90 Å². The average Bonchev–Trinajstić information content (AvgIpc) is 2.87. The number of carboxylic acids is 1. The number of rotatable bonds is 5. The summed E-state index contributed by atoms with van der Waals surface area (Å²) >= 11 is 1.71. The second kappa shape index (κ2) is 6.05. The second-order valence-corrected chi connectivity index (χ2v) is 5.94. The number of carboxylic acid groups (broad SMARTS) is 1. The first-order chi connectivity index (χ1) is 9.49. The van der Waals surface area contributed by atoms with Gasteiger partial charge in [-0.25, -0.2) is 9.78 Å². The lowest BCUT2D eigenvalue weighted by molar-refractivity contribution is 0.0695. The number of anilines is 1. The molecule has 0 atom stereocenters. The number of hydrogen-bond donors (Lipinski definition) is 1. The number of aryl methyl sites for hydroxylation is 1. The van der Waals surface area contributed by atoms with Crippen LogP contribution in [0.15, 0.2) is 29.6 Å². The highest BCUT2D eigenvalue weighted by molar-refractivity contribution is 7.09. The number of nitrogens with zero attached hydrogens (tertiary/aromatic N) is 2. The standard InChI is InChI=1S/C15H18N2O2S/c1-10(2)17(9-12-5-4-8-20-12)14-7-6-13(15(18)19)11(3)16-14/h4-8,10H,9H2,1-3H3,(H,18,19). The maximum atomic E-state index is 11.0. The number of aromatic carboxylic acids is 1. The molecule has 0 saturated heterocycles. The highest BCUT2D eigenvalue weighted by Crippen LogP contribution is 2.21. The van der Waals surface area contributed by atoms with Gasteiger partial charge in [-0.05, 0) is 44.4 Å². The zero-order valence-electron chi connectivity index (χ0n) is 11.8. The fourth-order valence-corrected chi connectivity index (χ4v) is 2.74. The first kappa shape index (κ1) is 14.5. The third kappa shape index (κ3) is 3.17. The monoisotopic (exact) mass is 290 g/mol. The first-order valence-electron chi connectivity index (χ1n) is 6.49. The van der Waals surface area contributed by atoms with Gasteiger partial charge in [-0.3, -0.25) is 0 Å². The molecule has 0 saturated carbocycles. The quantitative estimate of drug-likeness (QED) is 0.914. The number of pyridine rings is 1. The van der Waals surface area contributed by atoms with Crippen LogP contribution in [0.4, 0.5) is 5.82 Å². The minimum absolute atomic E-state index is 0.258. The van der Waals surface area contributed by atoms with E-state index in [1.165, 1.54) is 4.88 Å². The molecule has 20 heavy (non-hydrogen) atoms.